The summed E-state index contributed by atoms with van der Waals surface area (Å²) in [5.74, 6) is 0.944. The van der Waals surface area contributed by atoms with Crippen molar-refractivity contribution in [1.29, 1.82) is 0 Å². The van der Waals surface area contributed by atoms with Gasteiger partial charge in [0.05, 0.1) is 6.10 Å². The van der Waals surface area contributed by atoms with E-state index in [0.29, 0.717) is 0 Å². The van der Waals surface area contributed by atoms with Crippen LogP contribution in [0, 0.1) is 0 Å². The van der Waals surface area contributed by atoms with E-state index in [9.17, 15) is 0 Å². The second-order valence-electron chi connectivity index (χ2n) is 6.35. The van der Waals surface area contributed by atoms with Gasteiger partial charge in [0, 0.05) is 5.56 Å². The fourth-order valence-electron chi connectivity index (χ4n) is 3.32. The fourth-order valence-corrected chi connectivity index (χ4v) is 3.32. The standard InChI is InChI=1S/C23H20O/c1-16(2)24-22-15-14-18-9-4-6-12-20(18)23(22)21-13-7-10-17-8-3-5-11-19(17)21/h3-16H,1-2H3. The first-order valence-corrected chi connectivity index (χ1v) is 8.40. The molecule has 0 saturated heterocycles. The van der Waals surface area contributed by atoms with E-state index in [-0.39, 0.29) is 6.10 Å². The van der Waals surface area contributed by atoms with Gasteiger partial charge < -0.3 is 4.74 Å². The number of ether oxygens (including phenoxy) is 1. The summed E-state index contributed by atoms with van der Waals surface area (Å²) in [6.07, 6.45) is 0.139. The second-order valence-corrected chi connectivity index (χ2v) is 6.35. The minimum absolute atomic E-state index is 0.139. The minimum atomic E-state index is 0.139. The van der Waals surface area contributed by atoms with Crippen LogP contribution in [0.15, 0.2) is 78.9 Å². The van der Waals surface area contributed by atoms with Crippen LogP contribution < -0.4 is 4.74 Å². The van der Waals surface area contributed by atoms with Gasteiger partial charge in [-0.1, -0.05) is 72.8 Å². The molecule has 0 aromatic heterocycles. The van der Waals surface area contributed by atoms with Crippen LogP contribution in [-0.2, 0) is 0 Å². The summed E-state index contributed by atoms with van der Waals surface area (Å²) in [5.41, 5.74) is 2.40. The Bertz CT molecular complexity index is 1010. The Labute approximate surface area is 142 Å². The molecule has 0 atom stereocenters. The van der Waals surface area contributed by atoms with Gasteiger partial charge in [-0.05, 0) is 47.0 Å². The normalized spacial score (nSPS) is 11.3. The third-order valence-corrected chi connectivity index (χ3v) is 4.31. The molecule has 0 radical (unpaired) electrons. The van der Waals surface area contributed by atoms with Gasteiger partial charge in [-0.15, -0.1) is 0 Å². The second kappa shape index (κ2) is 6.01. The summed E-state index contributed by atoms with van der Waals surface area (Å²) < 4.78 is 6.16. The molecule has 4 rings (SSSR count). The summed E-state index contributed by atoms with van der Waals surface area (Å²) in [5, 5.41) is 4.96. The summed E-state index contributed by atoms with van der Waals surface area (Å²) >= 11 is 0. The summed E-state index contributed by atoms with van der Waals surface area (Å²) in [6.45, 7) is 4.14. The molecule has 0 aliphatic carbocycles. The Hall–Kier alpha value is -2.80. The molecule has 0 N–H and O–H groups in total. The zero-order chi connectivity index (χ0) is 16.5. The van der Waals surface area contributed by atoms with Crippen molar-refractivity contribution in [3.05, 3.63) is 78.9 Å². The van der Waals surface area contributed by atoms with Crippen molar-refractivity contribution in [1.82, 2.24) is 0 Å². The third-order valence-electron chi connectivity index (χ3n) is 4.31. The van der Waals surface area contributed by atoms with Crippen molar-refractivity contribution in [2.75, 3.05) is 0 Å². The molecule has 0 bridgehead atoms. The van der Waals surface area contributed by atoms with E-state index in [2.05, 4.69) is 92.7 Å². The Kier molecular flexibility index (Phi) is 3.70. The molecule has 24 heavy (non-hydrogen) atoms. The molecule has 118 valence electrons. The molecule has 0 saturated carbocycles. The highest BCUT2D eigenvalue weighted by molar-refractivity contribution is 6.07. The smallest absolute Gasteiger partial charge is 0.128 e. The first-order chi connectivity index (χ1) is 11.7. The van der Waals surface area contributed by atoms with Gasteiger partial charge in [0.25, 0.3) is 0 Å². The van der Waals surface area contributed by atoms with Crippen LogP contribution >= 0.6 is 0 Å². The van der Waals surface area contributed by atoms with Crippen molar-refractivity contribution < 1.29 is 4.74 Å². The van der Waals surface area contributed by atoms with E-state index in [0.717, 1.165) is 5.75 Å². The van der Waals surface area contributed by atoms with Gasteiger partial charge in [0.2, 0.25) is 0 Å². The van der Waals surface area contributed by atoms with Crippen molar-refractivity contribution in [3.63, 3.8) is 0 Å². The van der Waals surface area contributed by atoms with E-state index in [1.165, 1.54) is 32.7 Å². The largest absolute Gasteiger partial charge is 0.490 e. The molecule has 0 heterocycles. The highest BCUT2D eigenvalue weighted by atomic mass is 16.5. The maximum absolute atomic E-state index is 6.16. The first kappa shape index (κ1) is 14.8. The minimum Gasteiger partial charge on any atom is -0.490 e. The van der Waals surface area contributed by atoms with E-state index < -0.39 is 0 Å². The van der Waals surface area contributed by atoms with Crippen LogP contribution in [0.1, 0.15) is 13.8 Å². The highest BCUT2D eigenvalue weighted by Crippen LogP contribution is 2.40. The summed E-state index contributed by atoms with van der Waals surface area (Å²) in [6, 6.07) is 27.8. The quantitative estimate of drug-likeness (QED) is 0.422. The number of hydrogen-bond donors (Lipinski definition) is 0. The molecule has 0 fully saturated rings. The number of benzene rings is 4. The Morgan fingerprint density at radius 2 is 1.25 bits per heavy atom. The lowest BCUT2D eigenvalue weighted by molar-refractivity contribution is 0.244. The molecule has 0 aliphatic rings. The fraction of sp³-hybridized carbons (Fsp3) is 0.130. The van der Waals surface area contributed by atoms with Crippen molar-refractivity contribution >= 4 is 21.5 Å². The van der Waals surface area contributed by atoms with Gasteiger partial charge in [0.1, 0.15) is 5.75 Å². The van der Waals surface area contributed by atoms with Crippen LogP contribution in [0.3, 0.4) is 0 Å². The topological polar surface area (TPSA) is 9.23 Å². The first-order valence-electron chi connectivity index (χ1n) is 8.40. The number of fused-ring (bicyclic) bond motifs is 2. The zero-order valence-electron chi connectivity index (χ0n) is 14.0. The Morgan fingerprint density at radius 1 is 0.625 bits per heavy atom. The summed E-state index contributed by atoms with van der Waals surface area (Å²) in [4.78, 5) is 0. The average Bonchev–Trinajstić information content (AvgIpc) is 2.61. The van der Waals surface area contributed by atoms with Gasteiger partial charge in [-0.25, -0.2) is 0 Å². The van der Waals surface area contributed by atoms with Crippen LogP contribution in [0.25, 0.3) is 32.7 Å². The van der Waals surface area contributed by atoms with Gasteiger partial charge in [0.15, 0.2) is 0 Å². The van der Waals surface area contributed by atoms with Crippen LogP contribution in [0.5, 0.6) is 5.75 Å². The van der Waals surface area contributed by atoms with Crippen molar-refractivity contribution in [3.8, 4) is 16.9 Å². The molecule has 0 unspecified atom stereocenters. The van der Waals surface area contributed by atoms with Crippen molar-refractivity contribution in [2.24, 2.45) is 0 Å². The monoisotopic (exact) mass is 312 g/mol. The SMILES string of the molecule is CC(C)Oc1ccc2ccccc2c1-c1cccc2ccccc12. The molecule has 0 amide bonds. The maximum Gasteiger partial charge on any atom is 0.128 e. The van der Waals surface area contributed by atoms with Crippen LogP contribution in [-0.4, -0.2) is 6.10 Å². The molecular formula is C23H20O. The number of hydrogen-bond acceptors (Lipinski definition) is 1. The Balaban J connectivity index is 2.10. The molecular weight excluding hydrogens is 292 g/mol. The lowest BCUT2D eigenvalue weighted by Crippen LogP contribution is -2.06. The van der Waals surface area contributed by atoms with Crippen LogP contribution in [0.4, 0.5) is 0 Å². The third kappa shape index (κ3) is 2.52. The molecule has 0 spiro atoms. The zero-order valence-corrected chi connectivity index (χ0v) is 14.0. The lowest BCUT2D eigenvalue weighted by Gasteiger charge is -2.18. The lowest BCUT2D eigenvalue weighted by atomic mass is 9.93. The van der Waals surface area contributed by atoms with E-state index in [1.54, 1.807) is 0 Å². The molecule has 1 heteroatoms. The predicted octanol–water partition coefficient (Wildman–Crippen LogP) is 6.45. The molecule has 4 aromatic carbocycles. The summed E-state index contributed by atoms with van der Waals surface area (Å²) in [7, 11) is 0. The van der Waals surface area contributed by atoms with Crippen molar-refractivity contribution in [2.45, 2.75) is 20.0 Å². The molecule has 1 nitrogen and oxygen atoms in total. The van der Waals surface area contributed by atoms with E-state index in [1.807, 2.05) is 0 Å². The highest BCUT2D eigenvalue weighted by Gasteiger charge is 2.14. The molecule has 0 aliphatic heterocycles. The average molecular weight is 312 g/mol. The van der Waals surface area contributed by atoms with Gasteiger partial charge in [-0.2, -0.15) is 0 Å². The maximum atomic E-state index is 6.16. The van der Waals surface area contributed by atoms with E-state index >= 15 is 0 Å². The number of rotatable bonds is 3. The van der Waals surface area contributed by atoms with Gasteiger partial charge in [-0.3, -0.25) is 0 Å². The molecule has 4 aromatic rings. The van der Waals surface area contributed by atoms with E-state index in [4.69, 9.17) is 4.74 Å². The Morgan fingerprint density at radius 3 is 2.00 bits per heavy atom. The predicted molar refractivity (Wildman–Crippen MR) is 103 cm³/mol. The van der Waals surface area contributed by atoms with Crippen LogP contribution in [0.2, 0.25) is 0 Å². The van der Waals surface area contributed by atoms with Gasteiger partial charge >= 0.3 is 0 Å².